The van der Waals surface area contributed by atoms with Crippen molar-refractivity contribution in [2.75, 3.05) is 13.2 Å². The van der Waals surface area contributed by atoms with Gasteiger partial charge < -0.3 is 9.84 Å². The fourth-order valence-electron chi connectivity index (χ4n) is 1.38. The fourth-order valence-corrected chi connectivity index (χ4v) is 1.38. The third kappa shape index (κ3) is 5.31. The molecule has 0 saturated carbocycles. The van der Waals surface area contributed by atoms with E-state index in [0.29, 0.717) is 23.7 Å². The summed E-state index contributed by atoms with van der Waals surface area (Å²) in [5.74, 6) is 5.42. The Bertz CT molecular complexity index is 430. The number of halogens is 1. The fraction of sp³-hybridized carbons (Fsp3) is 0.467. The minimum absolute atomic E-state index is 0.221. The van der Waals surface area contributed by atoms with Gasteiger partial charge in [0.1, 0.15) is 12.4 Å². The molecule has 0 aromatic heterocycles. The first-order valence-electron chi connectivity index (χ1n) is 6.09. The van der Waals surface area contributed by atoms with Crippen LogP contribution in [0.2, 0.25) is 0 Å². The zero-order valence-corrected chi connectivity index (χ0v) is 10.9. The van der Waals surface area contributed by atoms with Crippen LogP contribution >= 0.6 is 0 Å². The summed E-state index contributed by atoms with van der Waals surface area (Å²) in [4.78, 5) is 0. The smallest absolute Gasteiger partial charge is 0.129 e. The lowest BCUT2D eigenvalue weighted by Gasteiger charge is -2.07. The molecular weight excluding hydrogens is 231 g/mol. The minimum Gasteiger partial charge on any atom is -0.384 e. The maximum atomic E-state index is 13.7. The van der Waals surface area contributed by atoms with E-state index in [4.69, 9.17) is 9.84 Å². The van der Waals surface area contributed by atoms with Crippen molar-refractivity contribution < 1.29 is 14.2 Å². The lowest BCUT2D eigenvalue weighted by atomic mass is 10.1. The summed E-state index contributed by atoms with van der Waals surface area (Å²) in [6, 6.07) is 4.77. The molecule has 0 saturated heterocycles. The molecular formula is C15H19FO2. The molecule has 0 aliphatic rings. The van der Waals surface area contributed by atoms with Crippen molar-refractivity contribution in [3.05, 3.63) is 35.1 Å². The second-order valence-corrected chi connectivity index (χ2v) is 4.50. The molecule has 0 amide bonds. The molecule has 0 spiro atoms. The molecule has 0 unspecified atom stereocenters. The lowest BCUT2D eigenvalue weighted by Crippen LogP contribution is -2.01. The second kappa shape index (κ2) is 7.86. The van der Waals surface area contributed by atoms with Crippen LogP contribution in [0, 0.1) is 23.6 Å². The number of benzene rings is 1. The van der Waals surface area contributed by atoms with Crippen molar-refractivity contribution in [2.45, 2.75) is 26.9 Å². The first-order chi connectivity index (χ1) is 8.63. The van der Waals surface area contributed by atoms with Gasteiger partial charge in [-0.15, -0.1) is 0 Å². The molecule has 0 bridgehead atoms. The Hall–Kier alpha value is -1.37. The quantitative estimate of drug-likeness (QED) is 0.643. The van der Waals surface area contributed by atoms with Gasteiger partial charge in [0.2, 0.25) is 0 Å². The van der Waals surface area contributed by atoms with Gasteiger partial charge in [0, 0.05) is 17.7 Å². The maximum Gasteiger partial charge on any atom is 0.129 e. The number of hydrogen-bond donors (Lipinski definition) is 1. The monoisotopic (exact) mass is 250 g/mol. The molecule has 1 aromatic rings. The average molecular weight is 250 g/mol. The van der Waals surface area contributed by atoms with Gasteiger partial charge in [-0.2, -0.15) is 0 Å². The van der Waals surface area contributed by atoms with Crippen molar-refractivity contribution in [1.29, 1.82) is 0 Å². The van der Waals surface area contributed by atoms with Gasteiger partial charge in [0.25, 0.3) is 0 Å². The summed E-state index contributed by atoms with van der Waals surface area (Å²) >= 11 is 0. The molecule has 1 aromatic carbocycles. The van der Waals surface area contributed by atoms with Crippen LogP contribution in [0.1, 0.15) is 31.4 Å². The largest absolute Gasteiger partial charge is 0.384 e. The van der Waals surface area contributed by atoms with E-state index in [1.807, 2.05) is 0 Å². The maximum absolute atomic E-state index is 13.7. The highest BCUT2D eigenvalue weighted by Gasteiger charge is 2.03. The minimum atomic E-state index is -0.315. The first-order valence-corrected chi connectivity index (χ1v) is 6.09. The summed E-state index contributed by atoms with van der Waals surface area (Å²) < 4.78 is 19.1. The van der Waals surface area contributed by atoms with Crippen molar-refractivity contribution >= 4 is 0 Å². The summed E-state index contributed by atoms with van der Waals surface area (Å²) in [5, 5.41) is 8.55. The van der Waals surface area contributed by atoms with Gasteiger partial charge in [-0.1, -0.05) is 31.8 Å². The molecule has 0 aliphatic heterocycles. The number of ether oxygens (including phenoxy) is 1. The summed E-state index contributed by atoms with van der Waals surface area (Å²) in [7, 11) is 0. The van der Waals surface area contributed by atoms with Crippen LogP contribution in [0.4, 0.5) is 4.39 Å². The normalized spacial score (nSPS) is 10.3. The zero-order chi connectivity index (χ0) is 13.4. The Morgan fingerprint density at radius 3 is 2.78 bits per heavy atom. The topological polar surface area (TPSA) is 29.5 Å². The lowest BCUT2D eigenvalue weighted by molar-refractivity contribution is 0.108. The van der Waals surface area contributed by atoms with E-state index in [9.17, 15) is 4.39 Å². The zero-order valence-electron chi connectivity index (χ0n) is 10.9. The summed E-state index contributed by atoms with van der Waals surface area (Å²) in [5.41, 5.74) is 1.10. The van der Waals surface area contributed by atoms with Crippen LogP contribution in [0.25, 0.3) is 0 Å². The highest BCUT2D eigenvalue weighted by Crippen LogP contribution is 2.11. The number of rotatable bonds is 5. The molecule has 2 nitrogen and oxygen atoms in total. The van der Waals surface area contributed by atoms with Crippen molar-refractivity contribution in [3.8, 4) is 11.8 Å². The van der Waals surface area contributed by atoms with Crippen LogP contribution < -0.4 is 0 Å². The molecule has 0 atom stereocenters. The molecule has 3 heteroatoms. The van der Waals surface area contributed by atoms with Crippen molar-refractivity contribution in [3.63, 3.8) is 0 Å². The van der Waals surface area contributed by atoms with Gasteiger partial charge in [-0.25, -0.2) is 4.39 Å². The van der Waals surface area contributed by atoms with E-state index in [-0.39, 0.29) is 19.0 Å². The van der Waals surface area contributed by atoms with E-state index in [0.717, 1.165) is 6.42 Å². The third-order valence-electron chi connectivity index (χ3n) is 2.46. The molecule has 1 N–H and O–H groups in total. The summed E-state index contributed by atoms with van der Waals surface area (Å²) in [6.45, 7) is 4.95. The van der Waals surface area contributed by atoms with Crippen LogP contribution in [-0.4, -0.2) is 18.3 Å². The van der Waals surface area contributed by atoms with Gasteiger partial charge >= 0.3 is 0 Å². The van der Waals surface area contributed by atoms with E-state index in [2.05, 4.69) is 25.7 Å². The van der Waals surface area contributed by atoms with Gasteiger partial charge in [-0.05, 0) is 24.5 Å². The standard InChI is InChI=1S/C15H19FO2/c1-12(2)7-9-18-11-14-6-5-13(4-3-8-17)10-15(14)16/h5-6,10,12,17H,7-9,11H2,1-2H3. The molecule has 1 rings (SSSR count). The van der Waals surface area contributed by atoms with Gasteiger partial charge in [0.05, 0.1) is 6.61 Å². The van der Waals surface area contributed by atoms with Crippen LogP contribution in [0.5, 0.6) is 0 Å². The Labute approximate surface area is 108 Å². The molecule has 0 heterocycles. The summed E-state index contributed by atoms with van der Waals surface area (Å²) in [6.07, 6.45) is 0.974. The molecule has 18 heavy (non-hydrogen) atoms. The molecule has 0 aliphatic carbocycles. The second-order valence-electron chi connectivity index (χ2n) is 4.50. The average Bonchev–Trinajstić information content (AvgIpc) is 2.33. The third-order valence-corrected chi connectivity index (χ3v) is 2.46. The van der Waals surface area contributed by atoms with Crippen molar-refractivity contribution in [1.82, 2.24) is 0 Å². The predicted molar refractivity (Wildman–Crippen MR) is 69.5 cm³/mol. The van der Waals surface area contributed by atoms with E-state index in [1.165, 1.54) is 6.07 Å². The SMILES string of the molecule is CC(C)CCOCc1ccc(C#CCO)cc1F. The van der Waals surface area contributed by atoms with Crippen LogP contribution in [0.15, 0.2) is 18.2 Å². The molecule has 0 fully saturated rings. The number of aliphatic hydroxyl groups is 1. The van der Waals surface area contributed by atoms with Crippen LogP contribution in [0.3, 0.4) is 0 Å². The van der Waals surface area contributed by atoms with E-state index in [1.54, 1.807) is 12.1 Å². The Balaban J connectivity index is 2.52. The number of hydrogen-bond acceptors (Lipinski definition) is 2. The Kier molecular flexibility index (Phi) is 6.42. The number of aliphatic hydroxyl groups excluding tert-OH is 1. The first kappa shape index (κ1) is 14.7. The highest BCUT2D eigenvalue weighted by atomic mass is 19.1. The predicted octanol–water partition coefficient (Wildman–Crippen LogP) is 2.73. The van der Waals surface area contributed by atoms with Gasteiger partial charge in [-0.3, -0.25) is 0 Å². The van der Waals surface area contributed by atoms with Gasteiger partial charge in [0.15, 0.2) is 0 Å². The van der Waals surface area contributed by atoms with Crippen LogP contribution in [-0.2, 0) is 11.3 Å². The van der Waals surface area contributed by atoms with E-state index < -0.39 is 0 Å². The molecule has 98 valence electrons. The van der Waals surface area contributed by atoms with E-state index >= 15 is 0 Å². The Morgan fingerprint density at radius 2 is 2.17 bits per heavy atom. The highest BCUT2D eigenvalue weighted by molar-refractivity contribution is 5.36. The molecule has 0 radical (unpaired) electrons. The Morgan fingerprint density at radius 1 is 1.39 bits per heavy atom. The van der Waals surface area contributed by atoms with Crippen molar-refractivity contribution in [2.24, 2.45) is 5.92 Å².